The molecule has 8 heteroatoms. The first kappa shape index (κ1) is 20.3. The molecule has 7 nitrogen and oxygen atoms in total. The minimum absolute atomic E-state index is 0.136. The second-order valence-corrected chi connectivity index (χ2v) is 8.29. The molecule has 0 aliphatic carbocycles. The molecule has 0 radical (unpaired) electrons. The number of para-hydroxylation sites is 1. The number of rotatable bonds is 6. The lowest BCUT2D eigenvalue weighted by molar-refractivity contribution is -0.00922. The Bertz CT molecular complexity index is 801. The number of anilines is 2. The predicted molar refractivity (Wildman–Crippen MR) is 112 cm³/mol. The molecule has 0 atom stereocenters. The van der Waals surface area contributed by atoms with Crippen molar-refractivity contribution in [1.82, 2.24) is 10.2 Å². The van der Waals surface area contributed by atoms with Gasteiger partial charge in [-0.1, -0.05) is 18.2 Å². The first-order valence-electron chi connectivity index (χ1n) is 9.28. The van der Waals surface area contributed by atoms with E-state index in [2.05, 4.69) is 34.7 Å². The van der Waals surface area contributed by atoms with Gasteiger partial charge >= 0.3 is 6.03 Å². The standard InChI is InChI=1S/C20H26N4O3S/c1-20(2,24-10-12-27-13-11-24)14-21-18(25)16-8-9-17(28-16)23-19(26)22-15-6-4-3-5-7-15/h3-9H,10-14H2,1-2H3,(H,21,25)(H2,22,23,26). The number of amides is 3. The molecule has 150 valence electrons. The van der Waals surface area contributed by atoms with Crippen molar-refractivity contribution in [3.8, 4) is 0 Å². The number of urea groups is 1. The van der Waals surface area contributed by atoms with Gasteiger partial charge in [-0.3, -0.25) is 15.0 Å². The number of thiophene rings is 1. The number of ether oxygens (including phenoxy) is 1. The van der Waals surface area contributed by atoms with Gasteiger partial charge in [0.15, 0.2) is 0 Å². The molecule has 0 bridgehead atoms. The highest BCUT2D eigenvalue weighted by atomic mass is 32.1. The number of nitrogens with zero attached hydrogens (tertiary/aromatic N) is 1. The molecule has 0 saturated carbocycles. The van der Waals surface area contributed by atoms with Crippen LogP contribution in [0.15, 0.2) is 42.5 Å². The molecule has 2 heterocycles. The molecule has 0 spiro atoms. The van der Waals surface area contributed by atoms with Crippen LogP contribution in [0.25, 0.3) is 0 Å². The minimum atomic E-state index is -0.339. The Kier molecular flexibility index (Phi) is 6.66. The Morgan fingerprint density at radius 2 is 1.79 bits per heavy atom. The lowest BCUT2D eigenvalue weighted by Crippen LogP contribution is -2.55. The van der Waals surface area contributed by atoms with Crippen molar-refractivity contribution in [2.45, 2.75) is 19.4 Å². The number of carbonyl (C=O) groups is 2. The van der Waals surface area contributed by atoms with E-state index in [0.717, 1.165) is 26.3 Å². The first-order chi connectivity index (χ1) is 13.4. The van der Waals surface area contributed by atoms with Crippen molar-refractivity contribution in [1.29, 1.82) is 0 Å². The van der Waals surface area contributed by atoms with E-state index in [1.807, 2.05) is 30.3 Å². The van der Waals surface area contributed by atoms with E-state index in [9.17, 15) is 9.59 Å². The summed E-state index contributed by atoms with van der Waals surface area (Å²) in [6.45, 7) is 7.96. The maximum atomic E-state index is 12.5. The van der Waals surface area contributed by atoms with E-state index in [1.54, 1.807) is 12.1 Å². The van der Waals surface area contributed by atoms with Gasteiger partial charge in [0.1, 0.15) is 0 Å². The van der Waals surface area contributed by atoms with E-state index in [0.29, 0.717) is 22.1 Å². The topological polar surface area (TPSA) is 82.7 Å². The number of benzene rings is 1. The molecule has 0 unspecified atom stereocenters. The van der Waals surface area contributed by atoms with Gasteiger partial charge in [-0.2, -0.15) is 0 Å². The Balaban J connectivity index is 1.50. The van der Waals surface area contributed by atoms with Gasteiger partial charge in [0.05, 0.1) is 23.1 Å². The third-order valence-electron chi connectivity index (χ3n) is 4.65. The van der Waals surface area contributed by atoms with Crippen molar-refractivity contribution in [2.75, 3.05) is 43.5 Å². The Labute approximate surface area is 169 Å². The molecule has 1 aliphatic heterocycles. The average molecular weight is 403 g/mol. The van der Waals surface area contributed by atoms with Gasteiger partial charge in [0.25, 0.3) is 5.91 Å². The summed E-state index contributed by atoms with van der Waals surface area (Å²) < 4.78 is 5.39. The molecule has 1 fully saturated rings. The van der Waals surface area contributed by atoms with E-state index >= 15 is 0 Å². The van der Waals surface area contributed by atoms with Crippen LogP contribution in [0.3, 0.4) is 0 Å². The van der Waals surface area contributed by atoms with E-state index < -0.39 is 0 Å². The quantitative estimate of drug-likeness (QED) is 0.693. The molecule has 1 aliphatic rings. The van der Waals surface area contributed by atoms with Crippen molar-refractivity contribution in [3.63, 3.8) is 0 Å². The molecule has 2 aromatic rings. The summed E-state index contributed by atoms with van der Waals surface area (Å²) in [6, 6.07) is 12.3. The fraction of sp³-hybridized carbons (Fsp3) is 0.400. The fourth-order valence-corrected chi connectivity index (χ4v) is 3.80. The summed E-state index contributed by atoms with van der Waals surface area (Å²) in [5.74, 6) is -0.136. The van der Waals surface area contributed by atoms with Gasteiger partial charge in [0.2, 0.25) is 0 Å². The fourth-order valence-electron chi connectivity index (χ4n) is 2.99. The molecule has 3 rings (SSSR count). The van der Waals surface area contributed by atoms with E-state index in [4.69, 9.17) is 4.74 Å². The molecule has 3 N–H and O–H groups in total. The highest BCUT2D eigenvalue weighted by molar-refractivity contribution is 7.18. The van der Waals surface area contributed by atoms with Crippen molar-refractivity contribution >= 4 is 34.0 Å². The van der Waals surface area contributed by atoms with Gasteiger partial charge in [-0.05, 0) is 38.1 Å². The normalized spacial score (nSPS) is 15.1. The Morgan fingerprint density at radius 1 is 1.07 bits per heavy atom. The maximum absolute atomic E-state index is 12.5. The van der Waals surface area contributed by atoms with Crippen LogP contribution in [-0.2, 0) is 4.74 Å². The Hall–Kier alpha value is -2.42. The number of nitrogens with one attached hydrogen (secondary N) is 3. The lowest BCUT2D eigenvalue weighted by Gasteiger charge is -2.40. The monoisotopic (exact) mass is 402 g/mol. The van der Waals surface area contributed by atoms with Gasteiger partial charge in [-0.15, -0.1) is 11.3 Å². The third kappa shape index (κ3) is 5.54. The zero-order chi connectivity index (χ0) is 20.0. The van der Waals surface area contributed by atoms with Gasteiger partial charge < -0.3 is 15.4 Å². The zero-order valence-electron chi connectivity index (χ0n) is 16.2. The molecule has 28 heavy (non-hydrogen) atoms. The zero-order valence-corrected chi connectivity index (χ0v) is 17.0. The number of carbonyl (C=O) groups excluding carboxylic acids is 2. The minimum Gasteiger partial charge on any atom is -0.379 e. The lowest BCUT2D eigenvalue weighted by atomic mass is 10.0. The average Bonchev–Trinajstić information content (AvgIpc) is 3.16. The number of hydrogen-bond acceptors (Lipinski definition) is 5. The second-order valence-electron chi connectivity index (χ2n) is 7.20. The number of morpholine rings is 1. The largest absolute Gasteiger partial charge is 0.379 e. The number of hydrogen-bond donors (Lipinski definition) is 3. The molecular formula is C20H26N4O3S. The van der Waals surface area contributed by atoms with Crippen molar-refractivity contribution < 1.29 is 14.3 Å². The smallest absolute Gasteiger partial charge is 0.324 e. The second kappa shape index (κ2) is 9.18. The summed E-state index contributed by atoms with van der Waals surface area (Å²) in [5.41, 5.74) is 0.563. The van der Waals surface area contributed by atoms with Gasteiger partial charge in [-0.25, -0.2) is 4.79 Å². The summed E-state index contributed by atoms with van der Waals surface area (Å²) in [6.07, 6.45) is 0. The molecule has 3 amide bonds. The van der Waals surface area contributed by atoms with Crippen LogP contribution in [0.4, 0.5) is 15.5 Å². The summed E-state index contributed by atoms with van der Waals surface area (Å²) in [4.78, 5) is 27.4. The third-order valence-corrected chi connectivity index (χ3v) is 5.65. The van der Waals surface area contributed by atoms with Crippen LogP contribution in [0.5, 0.6) is 0 Å². The first-order valence-corrected chi connectivity index (χ1v) is 10.1. The summed E-state index contributed by atoms with van der Waals surface area (Å²) >= 11 is 1.25. The SMILES string of the molecule is CC(C)(CNC(=O)c1ccc(NC(=O)Nc2ccccc2)s1)N1CCOCC1. The van der Waals surface area contributed by atoms with Crippen LogP contribution in [0.1, 0.15) is 23.5 Å². The van der Waals surface area contributed by atoms with Crippen LogP contribution >= 0.6 is 11.3 Å². The summed E-state index contributed by atoms with van der Waals surface area (Å²) in [5, 5.41) is 9.13. The molecule has 1 aromatic carbocycles. The van der Waals surface area contributed by atoms with Crippen LogP contribution < -0.4 is 16.0 Å². The molecule has 1 saturated heterocycles. The van der Waals surface area contributed by atoms with Crippen LogP contribution in [0, 0.1) is 0 Å². The summed E-state index contributed by atoms with van der Waals surface area (Å²) in [7, 11) is 0. The predicted octanol–water partition coefficient (Wildman–Crippen LogP) is 3.23. The highest BCUT2D eigenvalue weighted by Crippen LogP contribution is 2.23. The Morgan fingerprint density at radius 3 is 2.50 bits per heavy atom. The van der Waals surface area contributed by atoms with Crippen LogP contribution in [-0.4, -0.2) is 55.2 Å². The van der Waals surface area contributed by atoms with Gasteiger partial charge in [0, 0.05) is 30.9 Å². The molecular weight excluding hydrogens is 376 g/mol. The van der Waals surface area contributed by atoms with Crippen molar-refractivity contribution in [2.24, 2.45) is 0 Å². The van der Waals surface area contributed by atoms with E-state index in [1.165, 1.54) is 11.3 Å². The maximum Gasteiger partial charge on any atom is 0.324 e. The molecule has 1 aromatic heterocycles. The van der Waals surface area contributed by atoms with Crippen molar-refractivity contribution in [3.05, 3.63) is 47.3 Å². The van der Waals surface area contributed by atoms with E-state index in [-0.39, 0.29) is 17.5 Å². The highest BCUT2D eigenvalue weighted by Gasteiger charge is 2.28. The van der Waals surface area contributed by atoms with Crippen LogP contribution in [0.2, 0.25) is 0 Å².